The van der Waals surface area contributed by atoms with E-state index < -0.39 is 0 Å². The van der Waals surface area contributed by atoms with E-state index in [0.29, 0.717) is 17.3 Å². The Hall–Kier alpha value is -1.38. The van der Waals surface area contributed by atoms with E-state index in [0.717, 1.165) is 27.5 Å². The molecule has 0 fully saturated rings. The lowest BCUT2D eigenvalue weighted by molar-refractivity contribution is 0.306. The van der Waals surface area contributed by atoms with E-state index in [-0.39, 0.29) is 0 Å². The smallest absolute Gasteiger partial charge is 0.120 e. The summed E-state index contributed by atoms with van der Waals surface area (Å²) in [5.41, 5.74) is 9.26. The fourth-order valence-electron chi connectivity index (χ4n) is 1.86. The first-order valence-electron chi connectivity index (χ1n) is 5.91. The third-order valence-electron chi connectivity index (χ3n) is 2.87. The fourth-order valence-corrected chi connectivity index (χ4v) is 2.14. The lowest BCUT2D eigenvalue weighted by atomic mass is 10.1. The van der Waals surface area contributed by atoms with Gasteiger partial charge in [0.25, 0.3) is 0 Å². The van der Waals surface area contributed by atoms with Gasteiger partial charge in [-0.05, 0) is 55.3 Å². The summed E-state index contributed by atoms with van der Waals surface area (Å²) >= 11 is 12.2. The number of benzene rings is 2. The molecule has 0 atom stereocenters. The van der Waals surface area contributed by atoms with E-state index in [1.165, 1.54) is 0 Å². The van der Waals surface area contributed by atoms with Gasteiger partial charge in [0.05, 0.1) is 0 Å². The number of anilines is 1. The Morgan fingerprint density at radius 2 is 1.68 bits per heavy atom. The molecule has 0 aliphatic rings. The first-order chi connectivity index (χ1) is 8.97. The molecule has 100 valence electrons. The molecule has 0 bridgehead atoms. The zero-order valence-electron chi connectivity index (χ0n) is 10.8. The Labute approximate surface area is 123 Å². The van der Waals surface area contributed by atoms with Crippen LogP contribution < -0.4 is 10.5 Å². The van der Waals surface area contributed by atoms with Crippen molar-refractivity contribution in [3.05, 3.63) is 57.1 Å². The van der Waals surface area contributed by atoms with Crippen LogP contribution in [0.5, 0.6) is 5.75 Å². The molecule has 0 saturated carbocycles. The van der Waals surface area contributed by atoms with Gasteiger partial charge in [-0.25, -0.2) is 0 Å². The van der Waals surface area contributed by atoms with Crippen molar-refractivity contribution >= 4 is 28.9 Å². The molecule has 2 aromatic rings. The summed E-state index contributed by atoms with van der Waals surface area (Å²) in [6, 6.07) is 9.18. The van der Waals surface area contributed by atoms with E-state index in [1.807, 2.05) is 32.0 Å². The first kappa shape index (κ1) is 14.0. The van der Waals surface area contributed by atoms with Crippen LogP contribution in [0, 0.1) is 13.8 Å². The van der Waals surface area contributed by atoms with Gasteiger partial charge < -0.3 is 10.5 Å². The number of nitrogen functional groups attached to an aromatic ring is 1. The summed E-state index contributed by atoms with van der Waals surface area (Å²) in [5, 5.41) is 1.42. The second-order valence-corrected chi connectivity index (χ2v) is 5.30. The molecule has 0 aliphatic carbocycles. The summed E-state index contributed by atoms with van der Waals surface area (Å²) in [7, 11) is 0. The van der Waals surface area contributed by atoms with Crippen LogP contribution in [0.25, 0.3) is 0 Å². The number of halogens is 2. The highest BCUT2D eigenvalue weighted by Gasteiger charge is 2.06. The molecule has 4 heteroatoms. The third kappa shape index (κ3) is 3.34. The van der Waals surface area contributed by atoms with Crippen LogP contribution in [-0.4, -0.2) is 0 Å². The number of aryl methyl sites for hydroxylation is 2. The van der Waals surface area contributed by atoms with Gasteiger partial charge in [-0.3, -0.25) is 0 Å². The number of ether oxygens (including phenoxy) is 1. The van der Waals surface area contributed by atoms with Gasteiger partial charge in [-0.1, -0.05) is 23.2 Å². The largest absolute Gasteiger partial charge is 0.489 e. The Morgan fingerprint density at radius 3 is 2.32 bits per heavy atom. The fraction of sp³-hybridized carbons (Fsp3) is 0.200. The maximum absolute atomic E-state index is 6.12. The van der Waals surface area contributed by atoms with Crippen molar-refractivity contribution in [3.8, 4) is 5.75 Å². The van der Waals surface area contributed by atoms with Crippen LogP contribution in [0.2, 0.25) is 10.0 Å². The predicted octanol–water partition coefficient (Wildman–Crippen LogP) is 4.77. The topological polar surface area (TPSA) is 35.2 Å². The van der Waals surface area contributed by atoms with Crippen LogP contribution in [0.15, 0.2) is 30.3 Å². The molecule has 0 aliphatic heterocycles. The zero-order chi connectivity index (χ0) is 14.0. The Kier molecular flexibility index (Phi) is 4.23. The molecule has 0 heterocycles. The average molecular weight is 296 g/mol. The molecule has 0 unspecified atom stereocenters. The summed E-state index contributed by atoms with van der Waals surface area (Å²) < 4.78 is 5.75. The molecule has 0 saturated heterocycles. The van der Waals surface area contributed by atoms with Gasteiger partial charge >= 0.3 is 0 Å². The first-order valence-corrected chi connectivity index (χ1v) is 6.66. The summed E-state index contributed by atoms with van der Waals surface area (Å²) in [5.74, 6) is 0.776. The van der Waals surface area contributed by atoms with Gasteiger partial charge in [0.15, 0.2) is 0 Å². The van der Waals surface area contributed by atoms with E-state index in [9.17, 15) is 0 Å². The van der Waals surface area contributed by atoms with E-state index >= 15 is 0 Å². The number of hydrogen-bond acceptors (Lipinski definition) is 2. The maximum atomic E-state index is 6.12. The van der Waals surface area contributed by atoms with E-state index in [4.69, 9.17) is 33.7 Å². The highest BCUT2D eigenvalue weighted by molar-refractivity contribution is 6.32. The van der Waals surface area contributed by atoms with E-state index in [2.05, 4.69) is 0 Å². The number of rotatable bonds is 3. The molecule has 2 aromatic carbocycles. The van der Waals surface area contributed by atoms with Gasteiger partial charge in [-0.2, -0.15) is 0 Å². The Bertz CT molecular complexity index is 588. The lowest BCUT2D eigenvalue weighted by Crippen LogP contribution is -1.98. The molecule has 2 rings (SSSR count). The minimum atomic E-state index is 0.379. The standard InChI is InChI=1S/C15H15Cl2NO/c1-9-5-13(6-10(2)15(9)17)19-8-11-7-12(18)3-4-14(11)16/h3-7H,8,18H2,1-2H3. The molecule has 19 heavy (non-hydrogen) atoms. The van der Waals surface area contributed by atoms with Gasteiger partial charge in [0.2, 0.25) is 0 Å². The van der Waals surface area contributed by atoms with Crippen molar-refractivity contribution in [3.63, 3.8) is 0 Å². The van der Waals surface area contributed by atoms with E-state index in [1.54, 1.807) is 12.1 Å². The SMILES string of the molecule is Cc1cc(OCc2cc(N)ccc2Cl)cc(C)c1Cl. The molecular weight excluding hydrogens is 281 g/mol. The molecule has 0 amide bonds. The van der Waals surface area contributed by atoms with Crippen LogP contribution >= 0.6 is 23.2 Å². The summed E-state index contributed by atoms with van der Waals surface area (Å²) in [6.07, 6.45) is 0. The molecule has 0 radical (unpaired) electrons. The van der Waals surface area contributed by atoms with Gasteiger partial charge in [0, 0.05) is 21.3 Å². The molecule has 2 N–H and O–H groups in total. The summed E-state index contributed by atoms with van der Waals surface area (Å²) in [6.45, 7) is 4.29. The number of nitrogens with two attached hydrogens (primary N) is 1. The molecule has 0 aromatic heterocycles. The van der Waals surface area contributed by atoms with Crippen molar-refractivity contribution in [1.29, 1.82) is 0 Å². The second-order valence-electron chi connectivity index (χ2n) is 4.51. The van der Waals surface area contributed by atoms with Crippen LogP contribution in [0.3, 0.4) is 0 Å². The predicted molar refractivity (Wildman–Crippen MR) is 81.1 cm³/mol. The van der Waals surface area contributed by atoms with Crippen LogP contribution in [-0.2, 0) is 6.61 Å². The highest BCUT2D eigenvalue weighted by atomic mass is 35.5. The van der Waals surface area contributed by atoms with Crippen LogP contribution in [0.1, 0.15) is 16.7 Å². The quantitative estimate of drug-likeness (QED) is 0.828. The molecule has 0 spiro atoms. The maximum Gasteiger partial charge on any atom is 0.120 e. The van der Waals surface area contributed by atoms with Crippen molar-refractivity contribution < 1.29 is 4.74 Å². The second kappa shape index (κ2) is 5.72. The third-order valence-corrected chi connectivity index (χ3v) is 3.84. The monoisotopic (exact) mass is 295 g/mol. The Balaban J connectivity index is 2.17. The van der Waals surface area contributed by atoms with Crippen molar-refractivity contribution in [2.45, 2.75) is 20.5 Å². The molecular formula is C15H15Cl2NO. The van der Waals surface area contributed by atoms with Crippen LogP contribution in [0.4, 0.5) is 5.69 Å². The Morgan fingerprint density at radius 1 is 1.05 bits per heavy atom. The zero-order valence-corrected chi connectivity index (χ0v) is 12.3. The normalized spacial score (nSPS) is 10.5. The highest BCUT2D eigenvalue weighted by Crippen LogP contribution is 2.27. The van der Waals surface area contributed by atoms with Crippen molar-refractivity contribution in [1.82, 2.24) is 0 Å². The summed E-state index contributed by atoms with van der Waals surface area (Å²) in [4.78, 5) is 0. The molecule has 2 nitrogen and oxygen atoms in total. The number of hydrogen-bond donors (Lipinski definition) is 1. The minimum absolute atomic E-state index is 0.379. The van der Waals surface area contributed by atoms with Crippen molar-refractivity contribution in [2.24, 2.45) is 0 Å². The minimum Gasteiger partial charge on any atom is -0.489 e. The average Bonchev–Trinajstić information content (AvgIpc) is 2.37. The van der Waals surface area contributed by atoms with Crippen molar-refractivity contribution in [2.75, 3.05) is 5.73 Å². The van der Waals surface area contributed by atoms with Gasteiger partial charge in [-0.15, -0.1) is 0 Å². The lowest BCUT2D eigenvalue weighted by Gasteiger charge is -2.11. The van der Waals surface area contributed by atoms with Gasteiger partial charge in [0.1, 0.15) is 12.4 Å².